The monoisotopic (exact) mass is 305 g/mol. The molecule has 2 nitrogen and oxygen atoms in total. The summed E-state index contributed by atoms with van der Waals surface area (Å²) in [5, 5.41) is 1.02. The van der Waals surface area contributed by atoms with E-state index >= 15 is 0 Å². The number of hydrogen-bond acceptors (Lipinski definition) is 1. The predicted octanol–water partition coefficient (Wildman–Crippen LogP) is 5.02. The molecule has 0 N–H and O–H groups in total. The van der Waals surface area contributed by atoms with Gasteiger partial charge >= 0.3 is 0 Å². The first-order valence-corrected chi connectivity index (χ1v) is 9.89. The molecule has 1 aliphatic heterocycles. The minimum Gasteiger partial charge on any atom is -0.325 e. The van der Waals surface area contributed by atoms with Gasteiger partial charge in [0.25, 0.3) is 0 Å². The van der Waals surface area contributed by atoms with E-state index in [-0.39, 0.29) is 5.66 Å². The Morgan fingerprint density at radius 2 is 1.86 bits per heavy atom. The van der Waals surface area contributed by atoms with Crippen LogP contribution in [0.5, 0.6) is 0 Å². The molecule has 3 heteroatoms. The Labute approximate surface area is 129 Å². The molecule has 21 heavy (non-hydrogen) atoms. The largest absolute Gasteiger partial charge is 0.325 e. The second-order valence-electron chi connectivity index (χ2n) is 6.34. The molecule has 1 aromatic carbocycles. The van der Waals surface area contributed by atoms with Crippen LogP contribution in [0.25, 0.3) is 0 Å². The second-order valence-corrected chi connectivity index (χ2v) is 9.24. The average Bonchev–Trinajstić information content (AvgIpc) is 2.74. The summed E-state index contributed by atoms with van der Waals surface area (Å²) in [5.41, 5.74) is 1.57. The predicted molar refractivity (Wildman–Crippen MR) is 92.3 cm³/mol. The van der Waals surface area contributed by atoms with Crippen LogP contribution in [0.1, 0.15) is 47.0 Å². The molecular formula is C18H28NOP. The van der Waals surface area contributed by atoms with Crippen molar-refractivity contribution in [3.63, 3.8) is 0 Å². The van der Waals surface area contributed by atoms with Gasteiger partial charge in [-0.15, -0.1) is 0 Å². The lowest BCUT2D eigenvalue weighted by molar-refractivity contribution is 0.452. The van der Waals surface area contributed by atoms with Gasteiger partial charge in [-0.25, -0.2) is 0 Å². The molecule has 2 unspecified atom stereocenters. The molecule has 0 radical (unpaired) electrons. The van der Waals surface area contributed by atoms with E-state index in [2.05, 4.69) is 38.6 Å². The highest BCUT2D eigenvalue weighted by Gasteiger charge is 2.45. The van der Waals surface area contributed by atoms with E-state index in [0.717, 1.165) is 31.1 Å². The van der Waals surface area contributed by atoms with Gasteiger partial charge in [-0.2, -0.15) is 0 Å². The molecule has 1 aliphatic rings. The fraction of sp³-hybridized carbons (Fsp3) is 0.556. The van der Waals surface area contributed by atoms with E-state index in [1.165, 1.54) is 5.57 Å². The summed E-state index contributed by atoms with van der Waals surface area (Å²) < 4.78 is 16.2. The average molecular weight is 305 g/mol. The molecule has 0 fully saturated rings. The number of hydrogen-bond donors (Lipinski definition) is 0. The van der Waals surface area contributed by atoms with Crippen molar-refractivity contribution in [3.8, 4) is 0 Å². The van der Waals surface area contributed by atoms with Gasteiger partial charge in [-0.3, -0.25) is 4.57 Å². The molecule has 1 aromatic rings. The lowest BCUT2D eigenvalue weighted by atomic mass is 10.1. The van der Waals surface area contributed by atoms with Crippen LogP contribution >= 0.6 is 7.29 Å². The van der Waals surface area contributed by atoms with Gasteiger partial charge in [0.15, 0.2) is 0 Å². The van der Waals surface area contributed by atoms with Gasteiger partial charge in [0.2, 0.25) is 7.29 Å². The van der Waals surface area contributed by atoms with Crippen LogP contribution in [0, 0.1) is 5.92 Å². The van der Waals surface area contributed by atoms with Crippen molar-refractivity contribution in [2.75, 3.05) is 6.54 Å². The quantitative estimate of drug-likeness (QED) is 0.687. The minimum absolute atomic E-state index is 0.202. The van der Waals surface area contributed by atoms with Crippen molar-refractivity contribution >= 4 is 12.6 Å². The molecule has 0 amide bonds. The first kappa shape index (κ1) is 16.4. The minimum atomic E-state index is -2.55. The van der Waals surface area contributed by atoms with E-state index in [0.29, 0.717) is 5.92 Å². The number of benzene rings is 1. The lowest BCUT2D eigenvalue weighted by Gasteiger charge is -2.32. The number of rotatable bonds is 6. The summed E-state index contributed by atoms with van der Waals surface area (Å²) in [6, 6.07) is 10.1. The Bertz CT molecular complexity index is 535. The van der Waals surface area contributed by atoms with Crippen molar-refractivity contribution in [2.24, 2.45) is 5.92 Å². The third-order valence-corrected chi connectivity index (χ3v) is 7.71. The topological polar surface area (TPSA) is 20.3 Å². The van der Waals surface area contributed by atoms with Crippen LogP contribution in [0.2, 0.25) is 0 Å². The first-order valence-electron chi connectivity index (χ1n) is 8.17. The second kappa shape index (κ2) is 6.83. The number of nitrogens with zero attached hydrogens (tertiary/aromatic N) is 1. The smallest absolute Gasteiger partial charge is 0.207 e. The molecule has 1 heterocycles. The zero-order chi connectivity index (χ0) is 15.5. The SMILES string of the molecule is CCCC1C(CC)=CN(CC(C)C)P1(=O)c1ccccc1. The normalized spacial score (nSPS) is 25.5. The molecule has 0 bridgehead atoms. The third kappa shape index (κ3) is 3.11. The van der Waals surface area contributed by atoms with Crippen LogP contribution in [0.3, 0.4) is 0 Å². The highest BCUT2D eigenvalue weighted by molar-refractivity contribution is 7.70. The van der Waals surface area contributed by atoms with Gasteiger partial charge in [-0.1, -0.05) is 52.3 Å². The van der Waals surface area contributed by atoms with Crippen molar-refractivity contribution in [3.05, 3.63) is 42.1 Å². The van der Waals surface area contributed by atoms with Gasteiger partial charge in [0.1, 0.15) is 0 Å². The van der Waals surface area contributed by atoms with Crippen molar-refractivity contribution in [2.45, 2.75) is 52.6 Å². The molecule has 0 saturated heterocycles. The Morgan fingerprint density at radius 1 is 1.19 bits per heavy atom. The molecule has 0 aliphatic carbocycles. The fourth-order valence-corrected chi connectivity index (χ4v) is 7.06. The summed E-state index contributed by atoms with van der Waals surface area (Å²) in [4.78, 5) is 0. The first-order chi connectivity index (χ1) is 10.0. The maximum atomic E-state index is 14.0. The van der Waals surface area contributed by atoms with Crippen LogP contribution in [0.4, 0.5) is 0 Å². The van der Waals surface area contributed by atoms with E-state index in [1.807, 2.05) is 30.3 Å². The maximum absolute atomic E-state index is 14.0. The molecule has 0 saturated carbocycles. The highest BCUT2D eigenvalue weighted by Crippen LogP contribution is 2.62. The van der Waals surface area contributed by atoms with Gasteiger partial charge in [0, 0.05) is 18.0 Å². The standard InChI is InChI=1S/C18H28NOP/c1-5-10-18-16(6-2)14-19(13-15(3)4)21(18,20)17-11-8-7-9-12-17/h7-9,11-12,14-15,18H,5-6,10,13H2,1-4H3. The summed E-state index contributed by atoms with van der Waals surface area (Å²) in [5.74, 6) is 0.511. The Hall–Kier alpha value is -1.01. The zero-order valence-electron chi connectivity index (χ0n) is 13.7. The van der Waals surface area contributed by atoms with Crippen molar-refractivity contribution in [1.82, 2.24) is 4.67 Å². The Kier molecular flexibility index (Phi) is 5.32. The molecule has 0 aromatic heterocycles. The van der Waals surface area contributed by atoms with Gasteiger partial charge in [0.05, 0.1) is 5.66 Å². The third-order valence-electron chi connectivity index (χ3n) is 4.20. The maximum Gasteiger partial charge on any atom is 0.207 e. The highest BCUT2D eigenvalue weighted by atomic mass is 31.2. The van der Waals surface area contributed by atoms with Gasteiger partial charge in [-0.05, 0) is 36.5 Å². The molecule has 0 spiro atoms. The van der Waals surface area contributed by atoms with E-state index < -0.39 is 7.29 Å². The molecule has 116 valence electrons. The molecule has 2 rings (SSSR count). The fourth-order valence-electron chi connectivity index (χ4n) is 3.25. The van der Waals surface area contributed by atoms with E-state index in [4.69, 9.17) is 0 Å². The summed E-state index contributed by atoms with van der Waals surface area (Å²) >= 11 is 0. The lowest BCUT2D eigenvalue weighted by Crippen LogP contribution is -2.27. The summed E-state index contributed by atoms with van der Waals surface area (Å²) in [6.45, 7) is 9.64. The Morgan fingerprint density at radius 3 is 2.38 bits per heavy atom. The summed E-state index contributed by atoms with van der Waals surface area (Å²) in [7, 11) is -2.55. The molecule has 2 atom stereocenters. The van der Waals surface area contributed by atoms with Crippen molar-refractivity contribution < 1.29 is 4.57 Å². The van der Waals surface area contributed by atoms with E-state index in [9.17, 15) is 4.57 Å². The molecular weight excluding hydrogens is 277 g/mol. The van der Waals surface area contributed by atoms with Crippen molar-refractivity contribution in [1.29, 1.82) is 0 Å². The van der Waals surface area contributed by atoms with Crippen LogP contribution < -0.4 is 5.30 Å². The summed E-state index contributed by atoms with van der Waals surface area (Å²) in [6.07, 6.45) is 5.29. The van der Waals surface area contributed by atoms with E-state index in [1.54, 1.807) is 0 Å². The van der Waals surface area contributed by atoms with Crippen LogP contribution in [0.15, 0.2) is 42.1 Å². The zero-order valence-corrected chi connectivity index (χ0v) is 14.6. The van der Waals surface area contributed by atoms with Crippen LogP contribution in [-0.4, -0.2) is 16.9 Å². The Balaban J connectivity index is 2.48. The van der Waals surface area contributed by atoms with Crippen LogP contribution in [-0.2, 0) is 4.57 Å². The van der Waals surface area contributed by atoms with Gasteiger partial charge < -0.3 is 4.67 Å². The number of allylic oxidation sites excluding steroid dienone is 1.